The molecule has 3 aromatic rings. The molecule has 0 amide bonds. The summed E-state index contributed by atoms with van der Waals surface area (Å²) in [6.45, 7) is 0. The van der Waals surface area contributed by atoms with E-state index in [1.165, 1.54) is 23.5 Å². The quantitative estimate of drug-likeness (QED) is 0.428. The molecule has 1 N–H and O–H groups in total. The first kappa shape index (κ1) is 12.8. The summed E-state index contributed by atoms with van der Waals surface area (Å²) in [4.78, 5) is 10.2. The van der Waals surface area contributed by atoms with E-state index in [4.69, 9.17) is 16.6 Å². The molecule has 0 atom stereocenters. The Hall–Kier alpha value is -2.25. The second kappa shape index (κ2) is 4.69. The summed E-state index contributed by atoms with van der Waals surface area (Å²) in [5.41, 5.74) is 1.96. The number of hydrogen-bond donors (Lipinski definition) is 1. The predicted molar refractivity (Wildman–Crippen MR) is 78.7 cm³/mol. The van der Waals surface area contributed by atoms with Crippen LogP contribution < -0.4 is 0 Å². The zero-order chi connectivity index (χ0) is 14.3. The summed E-state index contributed by atoms with van der Waals surface area (Å²) in [5.74, 6) is 0.0953. The molecule has 0 unspecified atom stereocenters. The average Bonchev–Trinajstić information content (AvgIpc) is 2.78. The van der Waals surface area contributed by atoms with Crippen LogP contribution in [0, 0.1) is 14.1 Å². The fourth-order valence-corrected chi connectivity index (χ4v) is 3.02. The van der Waals surface area contributed by atoms with Crippen LogP contribution in [0.5, 0.6) is 5.75 Å². The molecule has 1 heterocycles. The molecular weight excluding hydrogens is 298 g/mol. The zero-order valence-corrected chi connectivity index (χ0v) is 11.5. The van der Waals surface area contributed by atoms with Gasteiger partial charge < -0.3 is 9.52 Å². The molecule has 2 aromatic carbocycles. The number of aromatic hydroxyl groups is 1. The van der Waals surface area contributed by atoms with E-state index in [0.717, 1.165) is 4.70 Å². The maximum Gasteiger partial charge on any atom is 0.269 e. The Kier molecular flexibility index (Phi) is 3.00. The van der Waals surface area contributed by atoms with Crippen molar-refractivity contribution in [3.8, 4) is 16.9 Å². The highest BCUT2D eigenvalue weighted by molar-refractivity contribution is 7.73. The molecule has 20 heavy (non-hydrogen) atoms. The Morgan fingerprint density at radius 2 is 1.95 bits per heavy atom. The van der Waals surface area contributed by atoms with Gasteiger partial charge in [-0.15, -0.1) is 0 Å². The van der Waals surface area contributed by atoms with Crippen molar-refractivity contribution in [3.63, 3.8) is 0 Å². The van der Waals surface area contributed by atoms with Gasteiger partial charge in [0.05, 0.1) is 9.62 Å². The van der Waals surface area contributed by atoms with Gasteiger partial charge in [0.2, 0.25) is 4.02 Å². The molecule has 3 rings (SSSR count). The normalized spacial score (nSPS) is 10.8. The smallest absolute Gasteiger partial charge is 0.269 e. The molecule has 0 spiro atoms. The van der Waals surface area contributed by atoms with Crippen molar-refractivity contribution in [2.75, 3.05) is 0 Å². The first-order chi connectivity index (χ1) is 9.54. The number of phenolic OH excluding ortho intramolecular Hbond substituents is 1. The van der Waals surface area contributed by atoms with E-state index in [2.05, 4.69) is 0 Å². The summed E-state index contributed by atoms with van der Waals surface area (Å²) in [7, 11) is 0. The molecule has 100 valence electrons. The van der Waals surface area contributed by atoms with E-state index in [1.807, 2.05) is 0 Å². The summed E-state index contributed by atoms with van der Waals surface area (Å²) in [6.07, 6.45) is 0. The third-order valence-corrected chi connectivity index (χ3v) is 3.91. The Labute approximate surface area is 121 Å². The molecule has 0 bridgehead atoms. The number of nitro groups is 1. The van der Waals surface area contributed by atoms with Crippen molar-refractivity contribution in [3.05, 3.63) is 50.5 Å². The number of benzene rings is 2. The van der Waals surface area contributed by atoms with Crippen molar-refractivity contribution in [1.82, 2.24) is 0 Å². The molecule has 7 heteroatoms. The van der Waals surface area contributed by atoms with Crippen LogP contribution in [0.15, 0.2) is 40.8 Å². The van der Waals surface area contributed by atoms with Crippen LogP contribution in [0.4, 0.5) is 5.69 Å². The van der Waals surface area contributed by atoms with E-state index in [9.17, 15) is 15.2 Å². The first-order valence-corrected chi connectivity index (χ1v) is 6.78. The lowest BCUT2D eigenvalue weighted by atomic mass is 10.0. The average molecular weight is 305 g/mol. The fraction of sp³-hybridized carbons (Fsp3) is 0. The van der Waals surface area contributed by atoms with Gasteiger partial charge in [-0.3, -0.25) is 10.1 Å². The van der Waals surface area contributed by atoms with Gasteiger partial charge in [0.25, 0.3) is 5.69 Å². The summed E-state index contributed by atoms with van der Waals surface area (Å²) >= 11 is 6.26. The maximum absolute atomic E-state index is 10.7. The monoisotopic (exact) mass is 305 g/mol. The minimum absolute atomic E-state index is 0.0105. The van der Waals surface area contributed by atoms with Crippen molar-refractivity contribution in [2.24, 2.45) is 0 Å². The molecule has 5 nitrogen and oxygen atoms in total. The van der Waals surface area contributed by atoms with Crippen LogP contribution in [0.25, 0.3) is 21.4 Å². The second-order valence-electron chi connectivity index (χ2n) is 4.08. The second-order valence-corrected chi connectivity index (χ2v) is 5.72. The Bertz CT molecular complexity index is 864. The van der Waals surface area contributed by atoms with Gasteiger partial charge in [0.1, 0.15) is 5.75 Å². The number of phenols is 1. The van der Waals surface area contributed by atoms with Gasteiger partial charge in [-0.1, -0.05) is 11.3 Å². The number of fused-ring (bicyclic) bond motifs is 1. The highest BCUT2D eigenvalue weighted by atomic mass is 32.1. The minimum Gasteiger partial charge on any atom is -0.508 e. The molecule has 0 fully saturated rings. The Balaban J connectivity index is 2.22. The van der Waals surface area contributed by atoms with E-state index >= 15 is 0 Å². The lowest BCUT2D eigenvalue weighted by Gasteiger charge is -2.03. The molecule has 0 aliphatic heterocycles. The standard InChI is InChI=1S/C13H7NO4S2/c15-9-5-10(12-11(6-9)20-13(19)18-12)7-1-3-8(4-2-7)14(16)17/h1-6,15H. The van der Waals surface area contributed by atoms with Crippen molar-refractivity contribution in [1.29, 1.82) is 0 Å². The van der Waals surface area contributed by atoms with Crippen molar-refractivity contribution in [2.45, 2.75) is 0 Å². The van der Waals surface area contributed by atoms with Crippen molar-refractivity contribution < 1.29 is 14.4 Å². The van der Waals surface area contributed by atoms with E-state index < -0.39 is 4.92 Å². The van der Waals surface area contributed by atoms with Crippen LogP contribution in [-0.2, 0) is 0 Å². The highest BCUT2D eigenvalue weighted by Gasteiger charge is 2.12. The van der Waals surface area contributed by atoms with Crippen molar-refractivity contribution >= 4 is 39.5 Å². The van der Waals surface area contributed by atoms with Crippen LogP contribution in [0.2, 0.25) is 0 Å². The zero-order valence-electron chi connectivity index (χ0n) is 9.90. The summed E-state index contributed by atoms with van der Waals surface area (Å²) < 4.78 is 6.58. The summed E-state index contributed by atoms with van der Waals surface area (Å²) in [5, 5.41) is 20.4. The van der Waals surface area contributed by atoms with Crippen LogP contribution in [0.3, 0.4) is 0 Å². The third kappa shape index (κ3) is 2.17. The van der Waals surface area contributed by atoms with E-state index in [0.29, 0.717) is 20.7 Å². The molecule has 0 radical (unpaired) electrons. The topological polar surface area (TPSA) is 76.5 Å². The van der Waals surface area contributed by atoms with Crippen LogP contribution >= 0.6 is 23.6 Å². The number of hydrogen-bond acceptors (Lipinski definition) is 6. The van der Waals surface area contributed by atoms with Crippen LogP contribution in [-0.4, -0.2) is 10.0 Å². The SMILES string of the molecule is O=[N+]([O-])c1ccc(-c2cc(O)cc3sc(=S)oc23)cc1. The fourth-order valence-electron chi connectivity index (χ4n) is 1.94. The van der Waals surface area contributed by atoms with Gasteiger partial charge in [-0.25, -0.2) is 0 Å². The first-order valence-electron chi connectivity index (χ1n) is 5.56. The lowest BCUT2D eigenvalue weighted by molar-refractivity contribution is -0.384. The third-order valence-electron chi connectivity index (χ3n) is 2.81. The summed E-state index contributed by atoms with van der Waals surface area (Å²) in [6, 6.07) is 9.17. The van der Waals surface area contributed by atoms with E-state index in [1.54, 1.807) is 24.3 Å². The lowest BCUT2D eigenvalue weighted by Crippen LogP contribution is -1.87. The molecule has 0 saturated heterocycles. The molecule has 0 aliphatic rings. The number of nitrogens with zero attached hydrogens (tertiary/aromatic N) is 1. The maximum atomic E-state index is 10.7. The minimum atomic E-state index is -0.460. The van der Waals surface area contributed by atoms with Gasteiger partial charge in [0, 0.05) is 23.8 Å². The molecule has 1 aromatic heterocycles. The van der Waals surface area contributed by atoms with Gasteiger partial charge >= 0.3 is 0 Å². The number of non-ortho nitro benzene ring substituents is 1. The largest absolute Gasteiger partial charge is 0.508 e. The number of rotatable bonds is 2. The molecule has 0 aliphatic carbocycles. The predicted octanol–water partition coefficient (Wildman–Crippen LogP) is 4.50. The van der Waals surface area contributed by atoms with Gasteiger partial charge in [0.15, 0.2) is 5.58 Å². The van der Waals surface area contributed by atoms with E-state index in [-0.39, 0.29) is 11.4 Å². The Morgan fingerprint density at radius 3 is 2.60 bits per heavy atom. The number of nitro benzene ring substituents is 1. The highest BCUT2D eigenvalue weighted by Crippen LogP contribution is 2.36. The molecule has 0 saturated carbocycles. The Morgan fingerprint density at radius 1 is 1.25 bits per heavy atom. The van der Waals surface area contributed by atoms with Crippen LogP contribution in [0.1, 0.15) is 0 Å². The van der Waals surface area contributed by atoms with Gasteiger partial charge in [-0.05, 0) is 36.0 Å². The molecular formula is C13H7NO4S2. The van der Waals surface area contributed by atoms with Gasteiger partial charge in [-0.2, -0.15) is 0 Å².